The molecular weight excluding hydrogens is 438 g/mol. The summed E-state index contributed by atoms with van der Waals surface area (Å²) in [5, 5.41) is 13.5. The Morgan fingerprint density at radius 1 is 0.969 bits per heavy atom. The molecule has 10 nitrogen and oxygen atoms in total. The first-order valence-corrected chi connectivity index (χ1v) is 10.6. The van der Waals surface area contributed by atoms with Crippen LogP contribution in [-0.4, -0.2) is 25.2 Å². The maximum Gasteiger partial charge on any atom is 0.345 e. The summed E-state index contributed by atoms with van der Waals surface area (Å²) in [4.78, 5) is 33.6. The second-order valence-electron chi connectivity index (χ2n) is 6.50. The van der Waals surface area contributed by atoms with Crippen LogP contribution in [0.5, 0.6) is 5.75 Å². The van der Waals surface area contributed by atoms with E-state index in [-0.39, 0.29) is 33.5 Å². The lowest BCUT2D eigenvalue weighted by molar-refractivity contribution is -0.385. The third kappa shape index (κ3) is 5.46. The second-order valence-corrected chi connectivity index (χ2v) is 8.18. The summed E-state index contributed by atoms with van der Waals surface area (Å²) in [6.45, 7) is 1.36. The van der Waals surface area contributed by atoms with Gasteiger partial charge in [0.25, 0.3) is 15.7 Å². The molecule has 0 aliphatic heterocycles. The molecule has 0 spiro atoms. The lowest BCUT2D eigenvalue weighted by Gasteiger charge is -2.12. The Labute approximate surface area is 183 Å². The Bertz CT molecular complexity index is 1290. The van der Waals surface area contributed by atoms with Gasteiger partial charge in [-0.25, -0.2) is 13.2 Å². The number of nitrogens with one attached hydrogen (secondary N) is 2. The van der Waals surface area contributed by atoms with Gasteiger partial charge in [0.15, 0.2) is 0 Å². The van der Waals surface area contributed by atoms with Crippen molar-refractivity contribution in [1.29, 1.82) is 0 Å². The van der Waals surface area contributed by atoms with Crippen molar-refractivity contribution in [2.24, 2.45) is 0 Å². The summed E-state index contributed by atoms with van der Waals surface area (Å²) >= 11 is 0. The minimum Gasteiger partial charge on any atom is -0.423 e. The number of nitro benzene ring substituents is 1. The summed E-state index contributed by atoms with van der Waals surface area (Å²) < 4.78 is 33.0. The number of non-ortho nitro benzene ring substituents is 1. The Morgan fingerprint density at radius 2 is 1.66 bits per heavy atom. The molecule has 164 valence electrons. The molecule has 3 aromatic rings. The van der Waals surface area contributed by atoms with Crippen molar-refractivity contribution in [2.45, 2.75) is 11.8 Å². The molecule has 32 heavy (non-hydrogen) atoms. The number of amides is 1. The third-order valence-corrected chi connectivity index (χ3v) is 5.48. The SMILES string of the molecule is CC(=O)Nc1ccc(OC(=O)c2ccccc2NS(=O)(=O)c2cccc([N+](=O)[O-])c2)cc1. The Hall–Kier alpha value is -4.25. The maximum atomic E-state index is 12.7. The van der Waals surface area contributed by atoms with Gasteiger partial charge in [0.2, 0.25) is 5.91 Å². The van der Waals surface area contributed by atoms with Gasteiger partial charge in [0.05, 0.1) is 21.1 Å². The lowest BCUT2D eigenvalue weighted by atomic mass is 10.2. The molecule has 2 N–H and O–H groups in total. The predicted octanol–water partition coefficient (Wildman–Crippen LogP) is 3.57. The number of nitrogens with zero attached hydrogens (tertiary/aromatic N) is 1. The normalized spacial score (nSPS) is 10.8. The van der Waals surface area contributed by atoms with Crippen LogP contribution in [0.3, 0.4) is 0 Å². The quantitative estimate of drug-likeness (QED) is 0.240. The standard InChI is InChI=1S/C21H17N3O7S/c1-14(25)22-15-9-11-17(12-10-15)31-21(26)19-7-2-3-8-20(19)23-32(29,30)18-6-4-5-16(13-18)24(27)28/h2-13,23H,1H3,(H,22,25). The Kier molecular flexibility index (Phi) is 6.50. The van der Waals surface area contributed by atoms with Crippen molar-refractivity contribution < 1.29 is 27.7 Å². The number of carbonyl (C=O) groups excluding carboxylic acids is 2. The monoisotopic (exact) mass is 455 g/mol. The number of para-hydroxylation sites is 1. The fourth-order valence-electron chi connectivity index (χ4n) is 2.69. The van der Waals surface area contributed by atoms with Gasteiger partial charge in [-0.1, -0.05) is 18.2 Å². The van der Waals surface area contributed by atoms with Gasteiger partial charge in [-0.15, -0.1) is 0 Å². The van der Waals surface area contributed by atoms with Crippen LogP contribution in [0.1, 0.15) is 17.3 Å². The van der Waals surface area contributed by atoms with Gasteiger partial charge in [0, 0.05) is 24.7 Å². The van der Waals surface area contributed by atoms with Gasteiger partial charge < -0.3 is 10.1 Å². The molecule has 0 heterocycles. The van der Waals surface area contributed by atoms with Crippen molar-refractivity contribution in [3.05, 3.63) is 88.5 Å². The average molecular weight is 455 g/mol. The van der Waals surface area contributed by atoms with E-state index in [0.29, 0.717) is 5.69 Å². The number of hydrogen-bond acceptors (Lipinski definition) is 7. The van der Waals surface area contributed by atoms with Gasteiger partial charge in [-0.2, -0.15) is 0 Å². The Morgan fingerprint density at radius 3 is 2.31 bits per heavy atom. The van der Waals surface area contributed by atoms with E-state index in [1.165, 1.54) is 61.5 Å². The van der Waals surface area contributed by atoms with E-state index in [9.17, 15) is 28.1 Å². The van der Waals surface area contributed by atoms with Crippen LogP contribution in [0.15, 0.2) is 77.7 Å². The number of sulfonamides is 1. The molecule has 0 aromatic heterocycles. The molecular formula is C21H17N3O7S. The van der Waals surface area contributed by atoms with Crippen LogP contribution in [0.2, 0.25) is 0 Å². The zero-order valence-corrected chi connectivity index (χ0v) is 17.5. The largest absolute Gasteiger partial charge is 0.423 e. The van der Waals surface area contributed by atoms with Crippen molar-refractivity contribution in [2.75, 3.05) is 10.0 Å². The number of rotatable bonds is 7. The summed E-state index contributed by atoms with van der Waals surface area (Å²) in [5.41, 5.74) is 0.0111. The van der Waals surface area contributed by atoms with Crippen LogP contribution in [0.4, 0.5) is 17.1 Å². The smallest absolute Gasteiger partial charge is 0.345 e. The average Bonchev–Trinajstić information content (AvgIpc) is 2.75. The summed E-state index contributed by atoms with van der Waals surface area (Å²) in [7, 11) is -4.22. The number of ether oxygens (including phenoxy) is 1. The number of nitro groups is 1. The summed E-state index contributed by atoms with van der Waals surface area (Å²) in [6.07, 6.45) is 0. The highest BCUT2D eigenvalue weighted by molar-refractivity contribution is 7.92. The highest BCUT2D eigenvalue weighted by Crippen LogP contribution is 2.24. The van der Waals surface area contributed by atoms with E-state index in [1.54, 1.807) is 12.1 Å². The topological polar surface area (TPSA) is 145 Å². The van der Waals surface area contributed by atoms with Crippen LogP contribution in [-0.2, 0) is 14.8 Å². The van der Waals surface area contributed by atoms with Crippen LogP contribution >= 0.6 is 0 Å². The highest BCUT2D eigenvalue weighted by atomic mass is 32.2. The predicted molar refractivity (Wildman–Crippen MR) is 116 cm³/mol. The zero-order chi connectivity index (χ0) is 23.3. The fourth-order valence-corrected chi connectivity index (χ4v) is 3.81. The summed E-state index contributed by atoms with van der Waals surface area (Å²) in [6, 6.07) is 16.3. The van der Waals surface area contributed by atoms with E-state index in [0.717, 1.165) is 6.07 Å². The molecule has 0 aliphatic rings. The van der Waals surface area contributed by atoms with Crippen LogP contribution in [0, 0.1) is 10.1 Å². The van der Waals surface area contributed by atoms with Gasteiger partial charge >= 0.3 is 5.97 Å². The van der Waals surface area contributed by atoms with Crippen molar-refractivity contribution >= 4 is 39.0 Å². The van der Waals surface area contributed by atoms with E-state index < -0.39 is 20.9 Å². The zero-order valence-electron chi connectivity index (χ0n) is 16.6. The molecule has 0 radical (unpaired) electrons. The van der Waals surface area contributed by atoms with E-state index in [1.807, 2.05) is 0 Å². The van der Waals surface area contributed by atoms with E-state index in [4.69, 9.17) is 4.74 Å². The number of esters is 1. The summed E-state index contributed by atoms with van der Waals surface area (Å²) in [5.74, 6) is -0.894. The van der Waals surface area contributed by atoms with E-state index in [2.05, 4.69) is 10.0 Å². The molecule has 0 saturated carbocycles. The molecule has 0 aliphatic carbocycles. The van der Waals surface area contributed by atoms with Gasteiger partial charge in [0.1, 0.15) is 5.75 Å². The number of hydrogen-bond donors (Lipinski definition) is 2. The minimum absolute atomic E-state index is 0.0566. The molecule has 3 aromatic carbocycles. The molecule has 0 saturated heterocycles. The molecule has 0 fully saturated rings. The van der Waals surface area contributed by atoms with Gasteiger partial charge in [-0.05, 0) is 42.5 Å². The molecule has 3 rings (SSSR count). The first-order chi connectivity index (χ1) is 15.2. The molecule has 1 amide bonds. The minimum atomic E-state index is -4.22. The van der Waals surface area contributed by atoms with Crippen LogP contribution < -0.4 is 14.8 Å². The van der Waals surface area contributed by atoms with Crippen molar-refractivity contribution in [3.63, 3.8) is 0 Å². The molecule has 0 atom stereocenters. The first-order valence-electron chi connectivity index (χ1n) is 9.12. The highest BCUT2D eigenvalue weighted by Gasteiger charge is 2.21. The van der Waals surface area contributed by atoms with E-state index >= 15 is 0 Å². The number of benzene rings is 3. The maximum absolute atomic E-state index is 12.7. The lowest BCUT2D eigenvalue weighted by Crippen LogP contribution is -2.17. The Balaban J connectivity index is 1.82. The number of anilines is 2. The second kappa shape index (κ2) is 9.27. The third-order valence-electron chi connectivity index (χ3n) is 4.12. The molecule has 0 bridgehead atoms. The fraction of sp³-hybridized carbons (Fsp3) is 0.0476. The van der Waals surface area contributed by atoms with Crippen molar-refractivity contribution in [3.8, 4) is 5.75 Å². The molecule has 11 heteroatoms. The first kappa shape index (κ1) is 22.4. The van der Waals surface area contributed by atoms with Crippen LogP contribution in [0.25, 0.3) is 0 Å². The van der Waals surface area contributed by atoms with Gasteiger partial charge in [-0.3, -0.25) is 19.6 Å². The number of carbonyl (C=O) groups is 2. The molecule has 0 unspecified atom stereocenters. The van der Waals surface area contributed by atoms with Crippen molar-refractivity contribution in [1.82, 2.24) is 0 Å².